The van der Waals surface area contributed by atoms with Crippen LogP contribution in [0.1, 0.15) is 19.3 Å². The average Bonchev–Trinajstić information content (AvgIpc) is 2.00. The number of carbonyl (C=O) groups is 1. The monoisotopic (exact) mass is 173 g/mol. The quantitative estimate of drug-likeness (QED) is 0.312. The summed E-state index contributed by atoms with van der Waals surface area (Å²) in [6.07, 6.45) is 3.07. The van der Waals surface area contributed by atoms with E-state index >= 15 is 0 Å². The lowest BCUT2D eigenvalue weighted by atomic mass is 9.77. The molecule has 1 rings (SSSR count). The zero-order valence-electron chi connectivity index (χ0n) is 7.22. The van der Waals surface area contributed by atoms with Gasteiger partial charge in [0.25, 0.3) is 0 Å². The highest BCUT2D eigenvalue weighted by molar-refractivity contribution is 5.74. The van der Waals surface area contributed by atoms with Gasteiger partial charge in [-0.1, -0.05) is 0 Å². The second-order valence-corrected chi connectivity index (χ2v) is 3.17. The highest BCUT2D eigenvalue weighted by Gasteiger charge is 2.38. The van der Waals surface area contributed by atoms with Gasteiger partial charge in [0.1, 0.15) is 0 Å². The summed E-state index contributed by atoms with van der Waals surface area (Å²) in [6.45, 7) is 0.556. The summed E-state index contributed by atoms with van der Waals surface area (Å²) in [5.74, 6) is 4.95. The Morgan fingerprint density at radius 1 is 1.67 bits per heavy atom. The van der Waals surface area contributed by atoms with E-state index in [4.69, 9.17) is 10.6 Å². The summed E-state index contributed by atoms with van der Waals surface area (Å²) in [7, 11) is 1.63. The van der Waals surface area contributed by atoms with E-state index in [2.05, 4.69) is 5.32 Å². The second-order valence-electron chi connectivity index (χ2n) is 3.17. The largest absolute Gasteiger partial charge is 0.382 e. The fourth-order valence-corrected chi connectivity index (χ4v) is 1.46. The summed E-state index contributed by atoms with van der Waals surface area (Å²) < 4.78 is 5.01. The Bertz CT molecular complexity index is 168. The van der Waals surface area contributed by atoms with E-state index in [0.717, 1.165) is 19.3 Å². The molecule has 0 unspecified atom stereocenters. The first-order chi connectivity index (χ1) is 5.72. The number of carbonyl (C=O) groups excluding carboxylic acids is 1. The first-order valence-corrected chi connectivity index (χ1v) is 4.00. The molecule has 2 amide bonds. The molecule has 5 nitrogen and oxygen atoms in total. The predicted molar refractivity (Wildman–Crippen MR) is 44.3 cm³/mol. The number of hydrogen-bond donors (Lipinski definition) is 3. The number of methoxy groups -OCH3 is 1. The van der Waals surface area contributed by atoms with Gasteiger partial charge in [0.15, 0.2) is 0 Å². The highest BCUT2D eigenvalue weighted by atomic mass is 16.5. The molecule has 0 aromatic carbocycles. The molecule has 0 atom stereocenters. The number of rotatable bonds is 3. The van der Waals surface area contributed by atoms with E-state index in [1.165, 1.54) is 0 Å². The molecule has 70 valence electrons. The standard InChI is InChI=1S/C7H15N3O2/c1-12-5-7(3-2-4-7)9-6(11)10-8/h2-5,8H2,1H3,(H2,9,10,11). The van der Waals surface area contributed by atoms with Crippen molar-refractivity contribution in [2.45, 2.75) is 24.8 Å². The Morgan fingerprint density at radius 3 is 2.67 bits per heavy atom. The van der Waals surface area contributed by atoms with Crippen molar-refractivity contribution in [3.63, 3.8) is 0 Å². The third-order valence-electron chi connectivity index (χ3n) is 2.24. The van der Waals surface area contributed by atoms with Crippen LogP contribution in [0.2, 0.25) is 0 Å². The maximum absolute atomic E-state index is 10.9. The van der Waals surface area contributed by atoms with Gasteiger partial charge >= 0.3 is 6.03 Å². The van der Waals surface area contributed by atoms with E-state index in [1.807, 2.05) is 5.43 Å². The predicted octanol–water partition coefficient (Wildman–Crippen LogP) is -0.272. The summed E-state index contributed by atoms with van der Waals surface area (Å²) in [5, 5.41) is 2.78. The molecule has 5 heteroatoms. The molecule has 0 saturated heterocycles. The molecule has 0 bridgehead atoms. The number of hydrogen-bond acceptors (Lipinski definition) is 3. The highest BCUT2D eigenvalue weighted by Crippen LogP contribution is 2.31. The smallest absolute Gasteiger partial charge is 0.329 e. The first-order valence-electron chi connectivity index (χ1n) is 4.00. The van der Waals surface area contributed by atoms with Crippen molar-refractivity contribution in [3.8, 4) is 0 Å². The van der Waals surface area contributed by atoms with Crippen LogP contribution in [0.4, 0.5) is 4.79 Å². The molecule has 1 fully saturated rings. The summed E-state index contributed by atoms with van der Waals surface area (Å²) in [6, 6.07) is -0.341. The molecule has 1 aliphatic rings. The fourth-order valence-electron chi connectivity index (χ4n) is 1.46. The zero-order valence-corrected chi connectivity index (χ0v) is 7.22. The van der Waals surface area contributed by atoms with Crippen molar-refractivity contribution < 1.29 is 9.53 Å². The van der Waals surface area contributed by atoms with Gasteiger partial charge in [-0.15, -0.1) is 0 Å². The van der Waals surface area contributed by atoms with E-state index in [1.54, 1.807) is 7.11 Å². The van der Waals surface area contributed by atoms with E-state index in [0.29, 0.717) is 6.61 Å². The van der Waals surface area contributed by atoms with Crippen LogP contribution in [0.25, 0.3) is 0 Å². The number of hydrazine groups is 1. The third kappa shape index (κ3) is 1.86. The number of urea groups is 1. The SMILES string of the molecule is COCC1(NC(=O)NN)CCC1. The van der Waals surface area contributed by atoms with E-state index in [-0.39, 0.29) is 11.6 Å². The molecule has 1 aliphatic carbocycles. The second kappa shape index (κ2) is 3.73. The molecule has 0 aromatic heterocycles. The molecule has 0 spiro atoms. The Labute approximate surface area is 71.6 Å². The molecule has 0 radical (unpaired) electrons. The number of ether oxygens (including phenoxy) is 1. The molecule has 12 heavy (non-hydrogen) atoms. The van der Waals surface area contributed by atoms with Gasteiger partial charge in [-0.05, 0) is 19.3 Å². The maximum Gasteiger partial charge on any atom is 0.329 e. The molecule has 0 aliphatic heterocycles. The van der Waals surface area contributed by atoms with Crippen LogP contribution >= 0.6 is 0 Å². The minimum absolute atomic E-state index is 0.168. The van der Waals surface area contributed by atoms with Crippen molar-refractivity contribution in [1.29, 1.82) is 0 Å². The van der Waals surface area contributed by atoms with Gasteiger partial charge in [0, 0.05) is 7.11 Å². The number of nitrogens with two attached hydrogens (primary N) is 1. The number of amides is 2. The number of nitrogens with one attached hydrogen (secondary N) is 2. The minimum atomic E-state index is -0.341. The third-order valence-corrected chi connectivity index (χ3v) is 2.24. The molecule has 1 saturated carbocycles. The van der Waals surface area contributed by atoms with Gasteiger partial charge in [-0.2, -0.15) is 0 Å². The lowest BCUT2D eigenvalue weighted by Crippen LogP contribution is -2.59. The molecular weight excluding hydrogens is 158 g/mol. The lowest BCUT2D eigenvalue weighted by molar-refractivity contribution is 0.0632. The summed E-state index contributed by atoms with van der Waals surface area (Å²) in [4.78, 5) is 10.9. The first kappa shape index (κ1) is 9.28. The van der Waals surface area contributed by atoms with Crippen LogP contribution in [-0.4, -0.2) is 25.3 Å². The van der Waals surface area contributed by atoms with Crippen LogP contribution in [-0.2, 0) is 4.74 Å². The van der Waals surface area contributed by atoms with E-state index < -0.39 is 0 Å². The van der Waals surface area contributed by atoms with Crippen LogP contribution in [0.15, 0.2) is 0 Å². The normalized spacial score (nSPS) is 19.5. The van der Waals surface area contributed by atoms with Crippen molar-refractivity contribution in [2.75, 3.05) is 13.7 Å². The summed E-state index contributed by atoms with van der Waals surface area (Å²) in [5.41, 5.74) is 1.87. The van der Waals surface area contributed by atoms with Gasteiger partial charge in [0.2, 0.25) is 0 Å². The Balaban J connectivity index is 2.39. The Kier molecular flexibility index (Phi) is 2.88. The summed E-state index contributed by atoms with van der Waals surface area (Å²) >= 11 is 0. The molecular formula is C7H15N3O2. The van der Waals surface area contributed by atoms with Gasteiger partial charge in [-0.3, -0.25) is 5.43 Å². The minimum Gasteiger partial charge on any atom is -0.382 e. The lowest BCUT2D eigenvalue weighted by Gasteiger charge is -2.41. The van der Waals surface area contributed by atoms with Crippen LogP contribution in [0, 0.1) is 0 Å². The topological polar surface area (TPSA) is 76.4 Å². The average molecular weight is 173 g/mol. The maximum atomic E-state index is 10.9. The fraction of sp³-hybridized carbons (Fsp3) is 0.857. The van der Waals surface area contributed by atoms with Crippen molar-refractivity contribution in [1.82, 2.24) is 10.7 Å². The molecule has 0 heterocycles. The Morgan fingerprint density at radius 2 is 2.33 bits per heavy atom. The van der Waals surface area contributed by atoms with Crippen LogP contribution < -0.4 is 16.6 Å². The van der Waals surface area contributed by atoms with Crippen molar-refractivity contribution in [2.24, 2.45) is 5.84 Å². The van der Waals surface area contributed by atoms with E-state index in [9.17, 15) is 4.79 Å². The Hall–Kier alpha value is -0.810. The van der Waals surface area contributed by atoms with Gasteiger partial charge < -0.3 is 10.1 Å². The van der Waals surface area contributed by atoms with Crippen molar-refractivity contribution in [3.05, 3.63) is 0 Å². The van der Waals surface area contributed by atoms with Crippen molar-refractivity contribution >= 4 is 6.03 Å². The van der Waals surface area contributed by atoms with Gasteiger partial charge in [0.05, 0.1) is 12.1 Å². The zero-order chi connectivity index (χ0) is 9.03. The van der Waals surface area contributed by atoms with Gasteiger partial charge in [-0.25, -0.2) is 10.6 Å². The molecule has 4 N–H and O–H groups in total. The van der Waals surface area contributed by atoms with Crippen LogP contribution in [0.5, 0.6) is 0 Å². The molecule has 0 aromatic rings. The van der Waals surface area contributed by atoms with Crippen LogP contribution in [0.3, 0.4) is 0 Å².